The van der Waals surface area contributed by atoms with Crippen molar-refractivity contribution >= 4 is 27.3 Å². The molecule has 1 amide bonds. The number of benzene rings is 1. The van der Waals surface area contributed by atoms with Gasteiger partial charge in [-0.25, -0.2) is 8.42 Å². The summed E-state index contributed by atoms with van der Waals surface area (Å²) in [5.41, 5.74) is 0.209. The number of nitro benzene ring substituents is 1. The van der Waals surface area contributed by atoms with E-state index in [1.54, 1.807) is 4.90 Å². The first kappa shape index (κ1) is 23.5. The van der Waals surface area contributed by atoms with E-state index in [2.05, 4.69) is 0 Å². The zero-order valence-electron chi connectivity index (χ0n) is 18.3. The molecule has 2 fully saturated rings. The standard InChI is InChI=1S/C21H32N4O5S/c1-3-22(4-2)21(26)17-9-8-12-23(16-17)19-11-10-18(25(27)28)15-20(19)31(29,30)24-13-6-5-7-14-24/h10-11,15,17H,3-9,12-14,16H2,1-2H3/t17-/m1/s1. The fourth-order valence-corrected chi connectivity index (χ4v) is 6.27. The second-order valence-electron chi connectivity index (χ2n) is 8.17. The average Bonchev–Trinajstić information content (AvgIpc) is 2.80. The number of amides is 1. The van der Waals surface area contributed by atoms with Gasteiger partial charge in [0.2, 0.25) is 15.9 Å². The second-order valence-corrected chi connectivity index (χ2v) is 10.1. The quantitative estimate of drug-likeness (QED) is 0.465. The number of non-ortho nitro benzene ring substituents is 1. The Hall–Kier alpha value is -2.20. The number of sulfonamides is 1. The summed E-state index contributed by atoms with van der Waals surface area (Å²) >= 11 is 0. The maximum Gasteiger partial charge on any atom is 0.270 e. The van der Waals surface area contributed by atoms with Crippen LogP contribution in [0.15, 0.2) is 23.1 Å². The highest BCUT2D eigenvalue weighted by atomic mass is 32.2. The highest BCUT2D eigenvalue weighted by molar-refractivity contribution is 7.89. The molecule has 0 N–H and O–H groups in total. The summed E-state index contributed by atoms with van der Waals surface area (Å²) in [6.07, 6.45) is 4.07. The Kier molecular flexibility index (Phi) is 7.53. The molecule has 1 atom stereocenters. The third-order valence-corrected chi connectivity index (χ3v) is 8.20. The van der Waals surface area contributed by atoms with Crippen molar-refractivity contribution in [3.8, 4) is 0 Å². The van der Waals surface area contributed by atoms with E-state index in [-0.39, 0.29) is 22.4 Å². The van der Waals surface area contributed by atoms with E-state index in [0.29, 0.717) is 45.0 Å². The van der Waals surface area contributed by atoms with Crippen molar-refractivity contribution in [2.45, 2.75) is 50.8 Å². The lowest BCUT2D eigenvalue weighted by molar-refractivity contribution is -0.385. The molecule has 2 saturated heterocycles. The van der Waals surface area contributed by atoms with E-state index in [9.17, 15) is 23.3 Å². The van der Waals surface area contributed by atoms with Crippen LogP contribution in [0.25, 0.3) is 0 Å². The molecule has 2 heterocycles. The number of carbonyl (C=O) groups excluding carboxylic acids is 1. The lowest BCUT2D eigenvalue weighted by Gasteiger charge is -2.37. The zero-order valence-corrected chi connectivity index (χ0v) is 19.1. The lowest BCUT2D eigenvalue weighted by atomic mass is 9.96. The number of nitrogens with zero attached hydrogens (tertiary/aromatic N) is 4. The van der Waals surface area contributed by atoms with E-state index in [0.717, 1.165) is 32.1 Å². The van der Waals surface area contributed by atoms with Crippen LogP contribution in [0.1, 0.15) is 46.0 Å². The molecule has 9 nitrogen and oxygen atoms in total. The molecule has 0 saturated carbocycles. The van der Waals surface area contributed by atoms with Crippen LogP contribution >= 0.6 is 0 Å². The van der Waals surface area contributed by atoms with E-state index in [4.69, 9.17) is 0 Å². The highest BCUT2D eigenvalue weighted by Crippen LogP contribution is 2.35. The van der Waals surface area contributed by atoms with Crippen molar-refractivity contribution in [3.63, 3.8) is 0 Å². The van der Waals surface area contributed by atoms with Gasteiger partial charge in [0.25, 0.3) is 5.69 Å². The fourth-order valence-electron chi connectivity index (χ4n) is 4.52. The van der Waals surface area contributed by atoms with Crippen molar-refractivity contribution in [3.05, 3.63) is 28.3 Å². The van der Waals surface area contributed by atoms with E-state index in [1.807, 2.05) is 18.7 Å². The van der Waals surface area contributed by atoms with Gasteiger partial charge in [0, 0.05) is 51.4 Å². The summed E-state index contributed by atoms with van der Waals surface area (Å²) in [5, 5.41) is 11.4. The largest absolute Gasteiger partial charge is 0.370 e. The molecule has 2 aliphatic rings. The molecule has 10 heteroatoms. The smallest absolute Gasteiger partial charge is 0.270 e. The maximum atomic E-state index is 13.4. The Morgan fingerprint density at radius 3 is 2.42 bits per heavy atom. The molecule has 0 unspecified atom stereocenters. The molecular weight excluding hydrogens is 420 g/mol. The van der Waals surface area contributed by atoms with Gasteiger partial charge in [0.1, 0.15) is 4.90 Å². The van der Waals surface area contributed by atoms with Crippen LogP contribution in [-0.2, 0) is 14.8 Å². The molecule has 0 aliphatic carbocycles. The molecule has 0 bridgehead atoms. The normalized spacial score (nSPS) is 20.5. The van der Waals surface area contributed by atoms with E-state index >= 15 is 0 Å². The van der Waals surface area contributed by atoms with E-state index < -0.39 is 14.9 Å². The van der Waals surface area contributed by atoms with Gasteiger partial charge in [-0.2, -0.15) is 4.31 Å². The Balaban J connectivity index is 1.96. The number of nitro groups is 1. The SMILES string of the molecule is CCN(CC)C(=O)[C@@H]1CCCN(c2ccc([N+](=O)[O-])cc2S(=O)(=O)N2CCCCC2)C1. The number of anilines is 1. The highest BCUT2D eigenvalue weighted by Gasteiger charge is 2.34. The van der Waals surface area contributed by atoms with Gasteiger partial charge >= 0.3 is 0 Å². The molecule has 1 aromatic carbocycles. The van der Waals surface area contributed by atoms with Crippen molar-refractivity contribution < 1.29 is 18.1 Å². The summed E-state index contributed by atoms with van der Waals surface area (Å²) in [5.74, 6) is -0.133. The minimum Gasteiger partial charge on any atom is -0.370 e. The van der Waals surface area contributed by atoms with Gasteiger partial charge < -0.3 is 9.80 Å². The van der Waals surface area contributed by atoms with Gasteiger partial charge in [0.15, 0.2) is 0 Å². The third-order valence-electron chi connectivity index (χ3n) is 6.27. The lowest BCUT2D eigenvalue weighted by Crippen LogP contribution is -2.45. The van der Waals surface area contributed by atoms with Crippen LogP contribution in [0.2, 0.25) is 0 Å². The Bertz CT molecular complexity index is 910. The number of rotatable bonds is 7. The van der Waals surface area contributed by atoms with Crippen molar-refractivity contribution in [2.24, 2.45) is 5.92 Å². The molecular formula is C21H32N4O5S. The molecule has 2 aliphatic heterocycles. The Morgan fingerprint density at radius 2 is 1.81 bits per heavy atom. The zero-order chi connectivity index (χ0) is 22.6. The molecule has 3 rings (SSSR count). The topological polar surface area (TPSA) is 104 Å². The molecule has 0 aromatic heterocycles. The summed E-state index contributed by atoms with van der Waals surface area (Å²) in [4.78, 5) is 27.4. The first-order chi connectivity index (χ1) is 14.8. The van der Waals surface area contributed by atoms with Gasteiger partial charge in [-0.1, -0.05) is 6.42 Å². The maximum absolute atomic E-state index is 13.4. The van der Waals surface area contributed by atoms with Crippen molar-refractivity contribution in [2.75, 3.05) is 44.2 Å². The fraction of sp³-hybridized carbons (Fsp3) is 0.667. The second kappa shape index (κ2) is 9.95. The van der Waals surface area contributed by atoms with Crippen LogP contribution < -0.4 is 4.90 Å². The summed E-state index contributed by atoms with van der Waals surface area (Å²) in [6, 6.07) is 4.05. The summed E-state index contributed by atoms with van der Waals surface area (Å²) < 4.78 is 28.3. The minimum atomic E-state index is -3.87. The van der Waals surface area contributed by atoms with Gasteiger partial charge in [-0.3, -0.25) is 14.9 Å². The average molecular weight is 453 g/mol. The Morgan fingerprint density at radius 1 is 1.13 bits per heavy atom. The number of piperidine rings is 2. The van der Waals surface area contributed by atoms with Gasteiger partial charge in [-0.15, -0.1) is 0 Å². The molecule has 1 aromatic rings. The summed E-state index contributed by atoms with van der Waals surface area (Å²) in [6.45, 7) is 7.04. The first-order valence-corrected chi connectivity index (χ1v) is 12.6. The third kappa shape index (κ3) is 5.01. The van der Waals surface area contributed by atoms with Crippen molar-refractivity contribution in [1.29, 1.82) is 0 Å². The van der Waals surface area contributed by atoms with Gasteiger partial charge in [0.05, 0.1) is 16.5 Å². The number of carbonyl (C=O) groups is 1. The number of hydrogen-bond donors (Lipinski definition) is 0. The molecule has 31 heavy (non-hydrogen) atoms. The minimum absolute atomic E-state index is 0.0282. The Labute approximate surface area is 184 Å². The van der Waals surface area contributed by atoms with Crippen LogP contribution in [0.3, 0.4) is 0 Å². The monoisotopic (exact) mass is 452 g/mol. The van der Waals surface area contributed by atoms with Crippen LogP contribution in [-0.4, -0.2) is 67.7 Å². The predicted octanol–water partition coefficient (Wildman–Crippen LogP) is 2.85. The van der Waals surface area contributed by atoms with Crippen molar-refractivity contribution in [1.82, 2.24) is 9.21 Å². The van der Waals surface area contributed by atoms with Crippen LogP contribution in [0.4, 0.5) is 11.4 Å². The van der Waals surface area contributed by atoms with Crippen LogP contribution in [0, 0.1) is 16.0 Å². The first-order valence-electron chi connectivity index (χ1n) is 11.1. The molecule has 0 radical (unpaired) electrons. The molecule has 172 valence electrons. The predicted molar refractivity (Wildman–Crippen MR) is 119 cm³/mol. The summed E-state index contributed by atoms with van der Waals surface area (Å²) in [7, 11) is -3.87. The number of hydrogen-bond acceptors (Lipinski definition) is 6. The molecule has 0 spiro atoms. The van der Waals surface area contributed by atoms with E-state index in [1.165, 1.54) is 22.5 Å². The van der Waals surface area contributed by atoms with Crippen LogP contribution in [0.5, 0.6) is 0 Å². The van der Waals surface area contributed by atoms with Gasteiger partial charge in [-0.05, 0) is 45.6 Å².